The highest BCUT2D eigenvalue weighted by atomic mass is 32.2. The molecule has 43 heavy (non-hydrogen) atoms. The van der Waals surface area contributed by atoms with E-state index >= 15 is 0 Å². The van der Waals surface area contributed by atoms with Crippen molar-refractivity contribution >= 4 is 23.9 Å². The Labute approximate surface area is 254 Å². The van der Waals surface area contributed by atoms with Gasteiger partial charge in [0.25, 0.3) is 5.91 Å². The second-order valence-corrected chi connectivity index (χ2v) is 10.4. The van der Waals surface area contributed by atoms with Crippen LogP contribution in [0.1, 0.15) is 16.7 Å². The summed E-state index contributed by atoms with van der Waals surface area (Å²) in [6.07, 6.45) is 1.56. The molecule has 0 aliphatic rings. The standard InChI is InChI=1S/C33H31N5O4S/c1-23-9-12-26(13-10-23)32-36-37-33(38(32)27-14-16-28(40-2)17-15-27)43-22-31(39)35-34-20-25-11-18-29(30(19-25)41-3)42-21-24-7-5-4-6-8-24/h4-20H,21-22H2,1-3H3,(H,35,39). The van der Waals surface area contributed by atoms with Crippen molar-refractivity contribution in [3.63, 3.8) is 0 Å². The van der Waals surface area contributed by atoms with Crippen LogP contribution in [-0.4, -0.2) is 46.9 Å². The van der Waals surface area contributed by atoms with Gasteiger partial charge in [0, 0.05) is 11.3 Å². The molecule has 218 valence electrons. The van der Waals surface area contributed by atoms with Crippen LogP contribution in [0, 0.1) is 6.92 Å². The quantitative estimate of drug-likeness (QED) is 0.106. The number of ether oxygens (including phenoxy) is 3. The van der Waals surface area contributed by atoms with E-state index in [4.69, 9.17) is 14.2 Å². The zero-order chi connectivity index (χ0) is 30.0. The molecule has 1 aromatic heterocycles. The van der Waals surface area contributed by atoms with Gasteiger partial charge in [0.2, 0.25) is 0 Å². The highest BCUT2D eigenvalue weighted by Gasteiger charge is 2.17. The number of carbonyl (C=O) groups excluding carboxylic acids is 1. The summed E-state index contributed by atoms with van der Waals surface area (Å²) in [6, 6.07) is 31.1. The summed E-state index contributed by atoms with van der Waals surface area (Å²) in [7, 11) is 3.21. The van der Waals surface area contributed by atoms with E-state index in [9.17, 15) is 4.79 Å². The van der Waals surface area contributed by atoms with Crippen LogP contribution in [0.2, 0.25) is 0 Å². The van der Waals surface area contributed by atoms with Gasteiger partial charge in [-0.15, -0.1) is 10.2 Å². The summed E-state index contributed by atoms with van der Waals surface area (Å²) < 4.78 is 18.6. The molecule has 1 N–H and O–H groups in total. The minimum Gasteiger partial charge on any atom is -0.497 e. The van der Waals surface area contributed by atoms with Crippen molar-refractivity contribution < 1.29 is 19.0 Å². The minimum atomic E-state index is -0.280. The zero-order valence-electron chi connectivity index (χ0n) is 24.1. The first-order valence-corrected chi connectivity index (χ1v) is 14.5. The molecule has 5 aromatic rings. The number of aromatic nitrogens is 3. The van der Waals surface area contributed by atoms with Crippen molar-refractivity contribution in [1.82, 2.24) is 20.2 Å². The number of hydrazone groups is 1. The van der Waals surface area contributed by atoms with Gasteiger partial charge in [-0.05, 0) is 60.5 Å². The summed E-state index contributed by atoms with van der Waals surface area (Å²) >= 11 is 1.27. The average molecular weight is 594 g/mol. The second-order valence-electron chi connectivity index (χ2n) is 9.47. The number of hydrogen-bond donors (Lipinski definition) is 1. The third kappa shape index (κ3) is 7.60. The lowest BCUT2D eigenvalue weighted by Gasteiger charge is -2.11. The van der Waals surface area contributed by atoms with Gasteiger partial charge in [-0.3, -0.25) is 9.36 Å². The molecule has 0 saturated heterocycles. The van der Waals surface area contributed by atoms with Crippen molar-refractivity contribution in [2.24, 2.45) is 5.10 Å². The lowest BCUT2D eigenvalue weighted by Crippen LogP contribution is -2.20. The molecule has 0 atom stereocenters. The minimum absolute atomic E-state index is 0.0924. The molecule has 0 radical (unpaired) electrons. The summed E-state index contributed by atoms with van der Waals surface area (Å²) in [5.41, 5.74) is 7.31. The van der Waals surface area contributed by atoms with Crippen LogP contribution in [-0.2, 0) is 11.4 Å². The van der Waals surface area contributed by atoms with E-state index in [1.54, 1.807) is 26.5 Å². The van der Waals surface area contributed by atoms with Crippen LogP contribution in [0.15, 0.2) is 107 Å². The summed E-state index contributed by atoms with van der Waals surface area (Å²) in [5.74, 6) is 2.43. The van der Waals surface area contributed by atoms with Crippen LogP contribution in [0.5, 0.6) is 17.2 Å². The summed E-state index contributed by atoms with van der Waals surface area (Å²) in [4.78, 5) is 12.7. The van der Waals surface area contributed by atoms with E-state index in [-0.39, 0.29) is 11.7 Å². The lowest BCUT2D eigenvalue weighted by atomic mass is 10.1. The van der Waals surface area contributed by atoms with Gasteiger partial charge < -0.3 is 14.2 Å². The van der Waals surface area contributed by atoms with E-state index in [1.807, 2.05) is 102 Å². The van der Waals surface area contributed by atoms with Gasteiger partial charge in [-0.1, -0.05) is 71.9 Å². The SMILES string of the molecule is COc1ccc(-n2c(SCC(=O)NN=Cc3ccc(OCc4ccccc4)c(OC)c3)nnc2-c2ccc(C)cc2)cc1. The van der Waals surface area contributed by atoms with Crippen molar-refractivity contribution in [3.8, 4) is 34.3 Å². The third-order valence-electron chi connectivity index (χ3n) is 6.43. The average Bonchev–Trinajstić information content (AvgIpc) is 3.47. The van der Waals surface area contributed by atoms with Gasteiger partial charge >= 0.3 is 0 Å². The normalized spacial score (nSPS) is 11.0. The Morgan fingerprint density at radius 1 is 0.907 bits per heavy atom. The zero-order valence-corrected chi connectivity index (χ0v) is 24.9. The van der Waals surface area contributed by atoms with Gasteiger partial charge in [0.05, 0.1) is 26.2 Å². The van der Waals surface area contributed by atoms with Crippen molar-refractivity contribution in [2.75, 3.05) is 20.0 Å². The smallest absolute Gasteiger partial charge is 0.250 e. The van der Waals surface area contributed by atoms with Crippen LogP contribution in [0.4, 0.5) is 0 Å². The van der Waals surface area contributed by atoms with Crippen molar-refractivity contribution in [1.29, 1.82) is 0 Å². The summed E-state index contributed by atoms with van der Waals surface area (Å²) in [5, 5.41) is 13.5. The van der Waals surface area contributed by atoms with Crippen LogP contribution in [0.3, 0.4) is 0 Å². The number of aryl methyl sites for hydroxylation is 1. The second kappa shape index (κ2) is 14.2. The predicted octanol–water partition coefficient (Wildman–Crippen LogP) is 6.08. The van der Waals surface area contributed by atoms with E-state index in [0.717, 1.165) is 33.7 Å². The molecule has 0 spiro atoms. The molecule has 0 aliphatic carbocycles. The Kier molecular flexibility index (Phi) is 9.71. The number of methoxy groups -OCH3 is 2. The molecular formula is C33H31N5O4S. The molecule has 0 saturated carbocycles. The molecular weight excluding hydrogens is 562 g/mol. The number of nitrogens with one attached hydrogen (secondary N) is 1. The van der Waals surface area contributed by atoms with Crippen LogP contribution < -0.4 is 19.6 Å². The fourth-order valence-electron chi connectivity index (χ4n) is 4.18. The first-order chi connectivity index (χ1) is 21.0. The van der Waals surface area contributed by atoms with Gasteiger partial charge in [0.1, 0.15) is 12.4 Å². The maximum absolute atomic E-state index is 12.7. The molecule has 9 nitrogen and oxygen atoms in total. The number of rotatable bonds is 12. The Hall–Kier alpha value is -5.09. The maximum Gasteiger partial charge on any atom is 0.250 e. The highest BCUT2D eigenvalue weighted by molar-refractivity contribution is 7.99. The van der Waals surface area contributed by atoms with Crippen LogP contribution in [0.25, 0.3) is 17.1 Å². The van der Waals surface area contributed by atoms with Crippen molar-refractivity contribution in [2.45, 2.75) is 18.7 Å². The van der Waals surface area contributed by atoms with E-state index in [2.05, 4.69) is 20.7 Å². The Bertz CT molecular complexity index is 1690. The maximum atomic E-state index is 12.7. The molecule has 4 aromatic carbocycles. The first-order valence-electron chi connectivity index (χ1n) is 13.5. The fourth-order valence-corrected chi connectivity index (χ4v) is 4.92. The van der Waals surface area contributed by atoms with E-state index in [1.165, 1.54) is 11.8 Å². The lowest BCUT2D eigenvalue weighted by molar-refractivity contribution is -0.118. The fraction of sp³-hybridized carbons (Fsp3) is 0.152. The monoisotopic (exact) mass is 593 g/mol. The van der Waals surface area contributed by atoms with Crippen molar-refractivity contribution in [3.05, 3.63) is 114 Å². The number of amides is 1. The Morgan fingerprint density at radius 3 is 2.40 bits per heavy atom. The molecule has 0 bridgehead atoms. The van der Waals surface area contributed by atoms with E-state index < -0.39 is 0 Å². The van der Waals surface area contributed by atoms with Gasteiger partial charge in [-0.2, -0.15) is 5.10 Å². The Balaban J connectivity index is 1.23. The summed E-state index contributed by atoms with van der Waals surface area (Å²) in [6.45, 7) is 2.46. The number of hydrogen-bond acceptors (Lipinski definition) is 8. The molecule has 1 amide bonds. The number of nitrogens with zero attached hydrogens (tertiary/aromatic N) is 4. The molecule has 5 rings (SSSR count). The van der Waals surface area contributed by atoms with Gasteiger partial charge in [-0.25, -0.2) is 5.43 Å². The molecule has 1 heterocycles. The molecule has 10 heteroatoms. The first kappa shape index (κ1) is 29.4. The largest absolute Gasteiger partial charge is 0.497 e. The highest BCUT2D eigenvalue weighted by Crippen LogP contribution is 2.30. The van der Waals surface area contributed by atoms with Crippen LogP contribution >= 0.6 is 11.8 Å². The van der Waals surface area contributed by atoms with Gasteiger partial charge in [0.15, 0.2) is 22.5 Å². The Morgan fingerprint density at radius 2 is 1.67 bits per heavy atom. The molecule has 0 unspecified atom stereocenters. The number of benzene rings is 4. The molecule has 0 fully saturated rings. The number of carbonyl (C=O) groups is 1. The topological polar surface area (TPSA) is 99.9 Å². The molecule has 0 aliphatic heterocycles. The van der Waals surface area contributed by atoms with E-state index in [0.29, 0.717) is 29.1 Å². The number of thioether (sulfide) groups is 1. The third-order valence-corrected chi connectivity index (χ3v) is 7.36. The predicted molar refractivity (Wildman–Crippen MR) is 168 cm³/mol.